The quantitative estimate of drug-likeness (QED) is 0.676. The number of tetrazole rings is 1. The average molecular weight is 156 g/mol. The minimum absolute atomic E-state index is 0.537. The van der Waals surface area contributed by atoms with Gasteiger partial charge in [0.1, 0.15) is 6.10 Å². The van der Waals surface area contributed by atoms with E-state index in [-0.39, 0.29) is 0 Å². The van der Waals surface area contributed by atoms with Gasteiger partial charge in [0, 0.05) is 6.54 Å². The van der Waals surface area contributed by atoms with Crippen molar-refractivity contribution in [1.29, 1.82) is 0 Å². The molecule has 1 rings (SSSR count). The zero-order valence-electron chi connectivity index (χ0n) is 6.73. The first kappa shape index (κ1) is 8.13. The maximum Gasteiger partial charge on any atom is 0.179 e. The largest absolute Gasteiger partial charge is 0.385 e. The van der Waals surface area contributed by atoms with Crippen LogP contribution in [0.2, 0.25) is 0 Å². The van der Waals surface area contributed by atoms with Crippen molar-refractivity contribution >= 4 is 0 Å². The number of hydrogen-bond acceptors (Lipinski definition) is 4. The molecule has 5 heteroatoms. The van der Waals surface area contributed by atoms with Crippen molar-refractivity contribution in [3.05, 3.63) is 5.82 Å². The second-order valence-electron chi connectivity index (χ2n) is 2.28. The summed E-state index contributed by atoms with van der Waals surface area (Å²) in [6, 6.07) is 0. The standard InChI is InChI=1S/C6H12N4O/c1-3-5(11)6-7-8-9-10(6)4-2/h5,11H,3-4H2,1-2H3. The van der Waals surface area contributed by atoms with Crippen LogP contribution >= 0.6 is 0 Å². The third-order valence-corrected chi connectivity index (χ3v) is 1.54. The molecule has 5 nitrogen and oxygen atoms in total. The minimum Gasteiger partial charge on any atom is -0.385 e. The monoisotopic (exact) mass is 156 g/mol. The van der Waals surface area contributed by atoms with Gasteiger partial charge < -0.3 is 5.11 Å². The Morgan fingerprint density at radius 1 is 1.55 bits per heavy atom. The topological polar surface area (TPSA) is 63.8 Å². The third kappa shape index (κ3) is 1.54. The Hall–Kier alpha value is -0.970. The molecule has 0 fully saturated rings. The van der Waals surface area contributed by atoms with Crippen LogP contribution in [-0.2, 0) is 6.54 Å². The zero-order chi connectivity index (χ0) is 8.27. The van der Waals surface area contributed by atoms with Gasteiger partial charge in [-0.05, 0) is 23.8 Å². The molecule has 11 heavy (non-hydrogen) atoms. The highest BCUT2D eigenvalue weighted by Gasteiger charge is 2.12. The number of aromatic nitrogens is 4. The lowest BCUT2D eigenvalue weighted by molar-refractivity contribution is 0.157. The van der Waals surface area contributed by atoms with E-state index in [4.69, 9.17) is 0 Å². The van der Waals surface area contributed by atoms with Crippen LogP contribution in [0.15, 0.2) is 0 Å². The molecule has 0 saturated carbocycles. The summed E-state index contributed by atoms with van der Waals surface area (Å²) in [5.41, 5.74) is 0. The van der Waals surface area contributed by atoms with Gasteiger partial charge in [0.25, 0.3) is 0 Å². The van der Waals surface area contributed by atoms with E-state index >= 15 is 0 Å². The molecule has 0 aromatic carbocycles. The fraction of sp³-hybridized carbons (Fsp3) is 0.833. The average Bonchev–Trinajstić information content (AvgIpc) is 2.50. The van der Waals surface area contributed by atoms with Crippen LogP contribution in [0.25, 0.3) is 0 Å². The van der Waals surface area contributed by atoms with Gasteiger partial charge in [-0.2, -0.15) is 0 Å². The van der Waals surface area contributed by atoms with Gasteiger partial charge in [-0.15, -0.1) is 5.10 Å². The molecule has 0 aliphatic carbocycles. The molecule has 1 aromatic heterocycles. The van der Waals surface area contributed by atoms with Gasteiger partial charge in [0.2, 0.25) is 0 Å². The van der Waals surface area contributed by atoms with Gasteiger partial charge >= 0.3 is 0 Å². The van der Waals surface area contributed by atoms with E-state index < -0.39 is 6.10 Å². The smallest absolute Gasteiger partial charge is 0.179 e. The van der Waals surface area contributed by atoms with Crippen LogP contribution in [0.4, 0.5) is 0 Å². The molecule has 1 aromatic rings. The molecular weight excluding hydrogens is 144 g/mol. The van der Waals surface area contributed by atoms with Crippen LogP contribution in [-0.4, -0.2) is 25.3 Å². The normalized spacial score (nSPS) is 13.4. The van der Waals surface area contributed by atoms with Gasteiger partial charge in [-0.25, -0.2) is 4.68 Å². The summed E-state index contributed by atoms with van der Waals surface area (Å²) in [7, 11) is 0. The van der Waals surface area contributed by atoms with E-state index in [1.54, 1.807) is 4.68 Å². The highest BCUT2D eigenvalue weighted by atomic mass is 16.3. The molecule has 1 heterocycles. The molecule has 1 atom stereocenters. The van der Waals surface area contributed by atoms with Crippen molar-refractivity contribution in [3.8, 4) is 0 Å². The van der Waals surface area contributed by atoms with Crippen molar-refractivity contribution in [1.82, 2.24) is 20.2 Å². The van der Waals surface area contributed by atoms with Gasteiger partial charge in [0.15, 0.2) is 5.82 Å². The summed E-state index contributed by atoms with van der Waals surface area (Å²) >= 11 is 0. The number of aryl methyl sites for hydroxylation is 1. The lowest BCUT2D eigenvalue weighted by Gasteiger charge is -2.05. The van der Waals surface area contributed by atoms with E-state index in [1.165, 1.54) is 0 Å². The van der Waals surface area contributed by atoms with Crippen LogP contribution in [0, 0.1) is 0 Å². The predicted octanol–water partition coefficient (Wildman–Crippen LogP) is 0.136. The fourth-order valence-electron chi connectivity index (χ4n) is 0.858. The molecule has 0 aliphatic heterocycles. The van der Waals surface area contributed by atoms with Crippen LogP contribution in [0.1, 0.15) is 32.2 Å². The van der Waals surface area contributed by atoms with Crippen molar-refractivity contribution in [2.75, 3.05) is 0 Å². The molecule has 62 valence electrons. The maximum absolute atomic E-state index is 9.37. The molecular formula is C6H12N4O. The van der Waals surface area contributed by atoms with E-state index in [1.807, 2.05) is 13.8 Å². The lowest BCUT2D eigenvalue weighted by atomic mass is 10.3. The summed E-state index contributed by atoms with van der Waals surface area (Å²) in [6.07, 6.45) is 0.102. The minimum atomic E-state index is -0.537. The highest BCUT2D eigenvalue weighted by molar-refractivity contribution is 4.85. The van der Waals surface area contributed by atoms with Crippen LogP contribution < -0.4 is 0 Å². The lowest BCUT2D eigenvalue weighted by Crippen LogP contribution is -2.08. The fourth-order valence-corrected chi connectivity index (χ4v) is 0.858. The van der Waals surface area contributed by atoms with Crippen molar-refractivity contribution < 1.29 is 5.11 Å². The van der Waals surface area contributed by atoms with Gasteiger partial charge in [-0.1, -0.05) is 6.92 Å². The van der Waals surface area contributed by atoms with E-state index in [9.17, 15) is 5.11 Å². The first-order valence-corrected chi connectivity index (χ1v) is 3.73. The summed E-state index contributed by atoms with van der Waals surface area (Å²) < 4.78 is 1.59. The Morgan fingerprint density at radius 2 is 2.27 bits per heavy atom. The number of hydrogen-bond donors (Lipinski definition) is 1. The Bertz CT molecular complexity index is 222. The Morgan fingerprint density at radius 3 is 2.82 bits per heavy atom. The van der Waals surface area contributed by atoms with Crippen molar-refractivity contribution in [2.24, 2.45) is 0 Å². The summed E-state index contributed by atoms with van der Waals surface area (Å²) in [6.45, 7) is 4.51. The molecule has 0 saturated heterocycles. The molecule has 1 N–H and O–H groups in total. The SMILES string of the molecule is CCC(O)c1nnnn1CC. The number of aliphatic hydroxyl groups excluding tert-OH is 1. The van der Waals surface area contributed by atoms with Gasteiger partial charge in [0.05, 0.1) is 0 Å². The second-order valence-corrected chi connectivity index (χ2v) is 2.28. The maximum atomic E-state index is 9.37. The Kier molecular flexibility index (Phi) is 2.53. The predicted molar refractivity (Wildman–Crippen MR) is 38.7 cm³/mol. The number of rotatable bonds is 3. The summed E-state index contributed by atoms with van der Waals surface area (Å²) in [4.78, 5) is 0. The van der Waals surface area contributed by atoms with Crippen molar-refractivity contribution in [3.63, 3.8) is 0 Å². The van der Waals surface area contributed by atoms with Crippen molar-refractivity contribution in [2.45, 2.75) is 32.9 Å². The van der Waals surface area contributed by atoms with Crippen LogP contribution in [0.5, 0.6) is 0 Å². The van der Waals surface area contributed by atoms with E-state index in [0.717, 1.165) is 0 Å². The van der Waals surface area contributed by atoms with Crippen LogP contribution in [0.3, 0.4) is 0 Å². The summed E-state index contributed by atoms with van der Waals surface area (Å²) in [5, 5.41) is 20.2. The van der Waals surface area contributed by atoms with E-state index in [2.05, 4.69) is 15.5 Å². The summed E-state index contributed by atoms with van der Waals surface area (Å²) in [5.74, 6) is 0.551. The number of nitrogens with zero attached hydrogens (tertiary/aromatic N) is 4. The number of aliphatic hydroxyl groups is 1. The molecule has 0 bridgehead atoms. The Balaban J connectivity index is 2.83. The zero-order valence-corrected chi connectivity index (χ0v) is 6.73. The third-order valence-electron chi connectivity index (χ3n) is 1.54. The molecule has 1 unspecified atom stereocenters. The van der Waals surface area contributed by atoms with Gasteiger partial charge in [-0.3, -0.25) is 0 Å². The molecule has 0 amide bonds. The molecule has 0 radical (unpaired) electrons. The molecule has 0 aliphatic rings. The highest BCUT2D eigenvalue weighted by Crippen LogP contribution is 2.10. The van der Waals surface area contributed by atoms with E-state index in [0.29, 0.717) is 18.8 Å². The first-order chi connectivity index (χ1) is 5.29. The molecule has 0 spiro atoms. The first-order valence-electron chi connectivity index (χ1n) is 3.73. The Labute approximate surface area is 65.0 Å². The second kappa shape index (κ2) is 3.43.